The Hall–Kier alpha value is -0.570. The van der Waals surface area contributed by atoms with Gasteiger partial charge in [0, 0.05) is 6.54 Å². The summed E-state index contributed by atoms with van der Waals surface area (Å²) in [5.41, 5.74) is -0.383. The van der Waals surface area contributed by atoms with Crippen LogP contribution in [-0.2, 0) is 9.53 Å². The van der Waals surface area contributed by atoms with E-state index in [4.69, 9.17) is 4.74 Å². The van der Waals surface area contributed by atoms with Crippen molar-refractivity contribution in [3.05, 3.63) is 0 Å². The van der Waals surface area contributed by atoms with Gasteiger partial charge >= 0.3 is 5.97 Å². The molecule has 0 aromatic rings. The van der Waals surface area contributed by atoms with Crippen LogP contribution in [0.25, 0.3) is 0 Å². The number of carbonyl (C=O) groups excluding carboxylic acids is 1. The van der Waals surface area contributed by atoms with E-state index < -0.39 is 5.54 Å². The zero-order chi connectivity index (χ0) is 12.1. The fourth-order valence-electron chi connectivity index (χ4n) is 0.969. The average molecular weight is 215 g/mol. The second-order valence-electron chi connectivity index (χ2n) is 5.22. The highest BCUT2D eigenvalue weighted by Crippen LogP contribution is 2.19. The maximum absolute atomic E-state index is 11.6. The van der Waals surface area contributed by atoms with E-state index in [9.17, 15) is 4.79 Å². The molecule has 0 aliphatic heterocycles. The molecule has 90 valence electrons. The van der Waals surface area contributed by atoms with Gasteiger partial charge in [-0.05, 0) is 32.6 Å². The minimum Gasteiger partial charge on any atom is -0.465 e. The lowest BCUT2D eigenvalue weighted by Crippen LogP contribution is -2.50. The number of hydrogen-bond donors (Lipinski definition) is 1. The molecule has 0 aromatic carbocycles. The molecular weight excluding hydrogens is 190 g/mol. The van der Waals surface area contributed by atoms with E-state index in [-0.39, 0.29) is 11.4 Å². The van der Waals surface area contributed by atoms with E-state index in [0.717, 1.165) is 13.0 Å². The Morgan fingerprint density at radius 2 is 1.73 bits per heavy atom. The molecule has 0 saturated carbocycles. The van der Waals surface area contributed by atoms with Crippen LogP contribution >= 0.6 is 0 Å². The molecule has 0 radical (unpaired) electrons. The van der Waals surface area contributed by atoms with Crippen molar-refractivity contribution in [3.63, 3.8) is 0 Å². The molecule has 0 spiro atoms. The van der Waals surface area contributed by atoms with E-state index in [1.807, 2.05) is 20.8 Å². The minimum atomic E-state index is -0.595. The van der Waals surface area contributed by atoms with E-state index >= 15 is 0 Å². The molecule has 0 amide bonds. The van der Waals surface area contributed by atoms with Crippen molar-refractivity contribution in [2.24, 2.45) is 5.41 Å². The standard InChI is InChI=1S/C12H25NO2/c1-7-11(3,4)9-13-12(5,6)10(14)15-8-2/h13H,7-9H2,1-6H3. The van der Waals surface area contributed by atoms with Gasteiger partial charge in [-0.2, -0.15) is 0 Å². The highest BCUT2D eigenvalue weighted by atomic mass is 16.5. The summed E-state index contributed by atoms with van der Waals surface area (Å²) >= 11 is 0. The molecule has 0 heterocycles. The predicted molar refractivity (Wildman–Crippen MR) is 62.8 cm³/mol. The molecule has 0 saturated heterocycles. The fraction of sp³-hybridized carbons (Fsp3) is 0.917. The summed E-state index contributed by atoms with van der Waals surface area (Å²) < 4.78 is 5.00. The molecule has 15 heavy (non-hydrogen) atoms. The van der Waals surface area contributed by atoms with Crippen molar-refractivity contribution in [3.8, 4) is 0 Å². The molecular formula is C12H25NO2. The molecule has 0 aromatic heterocycles. The van der Waals surface area contributed by atoms with Crippen LogP contribution in [0.5, 0.6) is 0 Å². The molecule has 0 unspecified atom stereocenters. The van der Waals surface area contributed by atoms with E-state index in [2.05, 4.69) is 26.1 Å². The highest BCUT2D eigenvalue weighted by molar-refractivity contribution is 5.79. The highest BCUT2D eigenvalue weighted by Gasteiger charge is 2.30. The number of nitrogens with one attached hydrogen (secondary N) is 1. The quantitative estimate of drug-likeness (QED) is 0.691. The normalized spacial score (nSPS) is 12.7. The number of ether oxygens (including phenoxy) is 1. The second kappa shape index (κ2) is 5.50. The van der Waals surface area contributed by atoms with Gasteiger partial charge < -0.3 is 10.1 Å². The van der Waals surface area contributed by atoms with Gasteiger partial charge in [0.25, 0.3) is 0 Å². The molecule has 0 bridgehead atoms. The van der Waals surface area contributed by atoms with Crippen molar-refractivity contribution in [1.29, 1.82) is 0 Å². The maximum atomic E-state index is 11.6. The van der Waals surface area contributed by atoms with Crippen LogP contribution in [0.2, 0.25) is 0 Å². The lowest BCUT2D eigenvalue weighted by atomic mass is 9.89. The second-order valence-corrected chi connectivity index (χ2v) is 5.22. The van der Waals surface area contributed by atoms with Crippen LogP contribution in [0.4, 0.5) is 0 Å². The Balaban J connectivity index is 4.20. The smallest absolute Gasteiger partial charge is 0.325 e. The van der Waals surface area contributed by atoms with E-state index in [1.54, 1.807) is 0 Å². The lowest BCUT2D eigenvalue weighted by molar-refractivity contribution is -0.149. The zero-order valence-corrected chi connectivity index (χ0v) is 10.9. The van der Waals surface area contributed by atoms with Crippen molar-refractivity contribution in [1.82, 2.24) is 5.32 Å². The monoisotopic (exact) mass is 215 g/mol. The Bertz CT molecular complexity index is 210. The van der Waals surface area contributed by atoms with Crippen molar-refractivity contribution >= 4 is 5.97 Å². The molecule has 0 aliphatic rings. The van der Waals surface area contributed by atoms with Crippen molar-refractivity contribution in [2.45, 2.75) is 53.5 Å². The van der Waals surface area contributed by atoms with Gasteiger partial charge in [-0.15, -0.1) is 0 Å². The van der Waals surface area contributed by atoms with Gasteiger partial charge in [0.05, 0.1) is 6.61 Å². The van der Waals surface area contributed by atoms with Gasteiger partial charge in [-0.3, -0.25) is 4.79 Å². The third kappa shape index (κ3) is 5.17. The maximum Gasteiger partial charge on any atom is 0.325 e. The van der Waals surface area contributed by atoms with Crippen molar-refractivity contribution in [2.75, 3.05) is 13.2 Å². The third-order valence-electron chi connectivity index (χ3n) is 2.75. The third-order valence-corrected chi connectivity index (χ3v) is 2.75. The molecule has 3 nitrogen and oxygen atoms in total. The first-order valence-electron chi connectivity index (χ1n) is 5.67. The number of esters is 1. The summed E-state index contributed by atoms with van der Waals surface area (Å²) in [4.78, 5) is 11.6. The number of carbonyl (C=O) groups is 1. The largest absolute Gasteiger partial charge is 0.465 e. The first-order chi connectivity index (χ1) is 6.75. The van der Waals surface area contributed by atoms with Crippen LogP contribution < -0.4 is 5.32 Å². The Kier molecular flexibility index (Phi) is 5.29. The Morgan fingerprint density at radius 3 is 2.13 bits per heavy atom. The van der Waals surface area contributed by atoms with Crippen LogP contribution in [0, 0.1) is 5.41 Å². The summed E-state index contributed by atoms with van der Waals surface area (Å²) in [6.07, 6.45) is 1.08. The van der Waals surface area contributed by atoms with E-state index in [1.165, 1.54) is 0 Å². The SMILES string of the molecule is CCOC(=O)C(C)(C)NCC(C)(C)CC. The summed E-state index contributed by atoms with van der Waals surface area (Å²) in [5.74, 6) is -0.183. The van der Waals surface area contributed by atoms with Crippen molar-refractivity contribution < 1.29 is 9.53 Å². The van der Waals surface area contributed by atoms with Crippen LogP contribution in [0.1, 0.15) is 48.0 Å². The molecule has 3 heteroatoms. The predicted octanol–water partition coefficient (Wildman–Crippen LogP) is 2.35. The first-order valence-corrected chi connectivity index (χ1v) is 5.67. The molecule has 0 fully saturated rings. The average Bonchev–Trinajstić information content (AvgIpc) is 2.16. The minimum absolute atomic E-state index is 0.183. The number of rotatable bonds is 6. The van der Waals surface area contributed by atoms with Gasteiger partial charge in [0.15, 0.2) is 0 Å². The fourth-order valence-corrected chi connectivity index (χ4v) is 0.969. The Morgan fingerprint density at radius 1 is 1.20 bits per heavy atom. The van der Waals surface area contributed by atoms with Gasteiger partial charge in [-0.1, -0.05) is 20.8 Å². The van der Waals surface area contributed by atoms with Gasteiger partial charge in [-0.25, -0.2) is 0 Å². The Labute approximate surface area is 93.6 Å². The molecule has 0 aliphatic carbocycles. The van der Waals surface area contributed by atoms with Gasteiger partial charge in [0.1, 0.15) is 5.54 Å². The first kappa shape index (κ1) is 14.4. The summed E-state index contributed by atoms with van der Waals surface area (Å²) in [6, 6.07) is 0. The molecule has 0 atom stereocenters. The summed E-state index contributed by atoms with van der Waals surface area (Å²) in [5, 5.41) is 3.26. The van der Waals surface area contributed by atoms with Crippen LogP contribution in [0.15, 0.2) is 0 Å². The molecule has 0 rings (SSSR count). The van der Waals surface area contributed by atoms with Crippen LogP contribution in [-0.4, -0.2) is 24.7 Å². The summed E-state index contributed by atoms with van der Waals surface area (Å²) in [7, 11) is 0. The summed E-state index contributed by atoms with van der Waals surface area (Å²) in [6.45, 7) is 13.3. The van der Waals surface area contributed by atoms with Gasteiger partial charge in [0.2, 0.25) is 0 Å². The lowest BCUT2D eigenvalue weighted by Gasteiger charge is -2.30. The topological polar surface area (TPSA) is 38.3 Å². The molecule has 1 N–H and O–H groups in total. The number of hydrogen-bond acceptors (Lipinski definition) is 3. The zero-order valence-electron chi connectivity index (χ0n) is 10.9. The van der Waals surface area contributed by atoms with E-state index in [0.29, 0.717) is 6.61 Å². The van der Waals surface area contributed by atoms with Crippen LogP contribution in [0.3, 0.4) is 0 Å².